The zero-order chi connectivity index (χ0) is 10.8. The number of hydrogen-bond acceptors (Lipinski definition) is 3. The van der Waals surface area contributed by atoms with Gasteiger partial charge in [-0.3, -0.25) is 4.98 Å². The molecule has 0 aliphatic carbocycles. The Morgan fingerprint density at radius 3 is 2.80 bits per heavy atom. The predicted molar refractivity (Wildman–Crippen MR) is 54.8 cm³/mol. The highest BCUT2D eigenvalue weighted by Crippen LogP contribution is 2.09. The molecule has 0 bridgehead atoms. The number of benzene rings is 1. The number of aromatic nitrogens is 3. The Kier molecular flexibility index (Phi) is 2.39. The zero-order valence-electron chi connectivity index (χ0n) is 8.27. The van der Waals surface area contributed by atoms with E-state index in [1.807, 2.05) is 25.1 Å². The highest BCUT2D eigenvalue weighted by molar-refractivity contribution is 5.38. The van der Waals surface area contributed by atoms with E-state index in [2.05, 4.69) is 10.1 Å². The molecule has 2 aromatic rings. The fourth-order valence-electron chi connectivity index (χ4n) is 1.40. The number of aliphatic hydroxyl groups is 1. The van der Waals surface area contributed by atoms with Crippen LogP contribution in [0.1, 0.15) is 11.4 Å². The second-order valence-electron chi connectivity index (χ2n) is 3.23. The first kappa shape index (κ1) is 9.67. The SMILES string of the molecule is Cc1ccccc1-n1nc(CO)[nH]c1=O. The van der Waals surface area contributed by atoms with Gasteiger partial charge in [-0.2, -0.15) is 4.68 Å². The van der Waals surface area contributed by atoms with Crippen LogP contribution in [0.5, 0.6) is 0 Å². The minimum atomic E-state index is -0.339. The van der Waals surface area contributed by atoms with Gasteiger partial charge in [0.05, 0.1) is 5.69 Å². The number of aliphatic hydroxyl groups excluding tert-OH is 1. The van der Waals surface area contributed by atoms with Gasteiger partial charge in [0, 0.05) is 0 Å². The van der Waals surface area contributed by atoms with Crippen molar-refractivity contribution in [1.82, 2.24) is 14.8 Å². The van der Waals surface area contributed by atoms with E-state index in [4.69, 9.17) is 5.11 Å². The lowest BCUT2D eigenvalue weighted by Crippen LogP contribution is -2.16. The van der Waals surface area contributed by atoms with Gasteiger partial charge in [-0.25, -0.2) is 4.79 Å². The molecule has 0 saturated heterocycles. The smallest absolute Gasteiger partial charge is 0.348 e. The Hall–Kier alpha value is -1.88. The molecule has 0 aliphatic heterocycles. The number of aromatic amines is 1. The number of aryl methyl sites for hydroxylation is 1. The maximum absolute atomic E-state index is 11.5. The zero-order valence-corrected chi connectivity index (χ0v) is 8.27. The van der Waals surface area contributed by atoms with Crippen molar-refractivity contribution in [2.45, 2.75) is 13.5 Å². The van der Waals surface area contributed by atoms with Crippen molar-refractivity contribution in [1.29, 1.82) is 0 Å². The average Bonchev–Trinajstić information content (AvgIpc) is 2.60. The maximum Gasteiger partial charge on any atom is 0.348 e. The van der Waals surface area contributed by atoms with Crippen LogP contribution in [0.15, 0.2) is 29.1 Å². The van der Waals surface area contributed by atoms with Gasteiger partial charge >= 0.3 is 5.69 Å². The van der Waals surface area contributed by atoms with Gasteiger partial charge in [0.2, 0.25) is 0 Å². The molecular formula is C10H11N3O2. The predicted octanol–water partition coefficient (Wildman–Crippen LogP) is 0.361. The fraction of sp³-hybridized carbons (Fsp3) is 0.200. The Morgan fingerprint density at radius 1 is 1.47 bits per heavy atom. The summed E-state index contributed by atoms with van der Waals surface area (Å²) in [6, 6.07) is 7.43. The van der Waals surface area contributed by atoms with E-state index < -0.39 is 0 Å². The quantitative estimate of drug-likeness (QED) is 0.743. The molecule has 0 amide bonds. The molecule has 15 heavy (non-hydrogen) atoms. The molecule has 1 aromatic carbocycles. The Morgan fingerprint density at radius 2 is 2.20 bits per heavy atom. The minimum Gasteiger partial charge on any atom is -0.388 e. The molecule has 0 aliphatic rings. The van der Waals surface area contributed by atoms with E-state index >= 15 is 0 Å². The van der Waals surface area contributed by atoms with E-state index in [0.29, 0.717) is 0 Å². The molecule has 0 radical (unpaired) electrons. The summed E-state index contributed by atoms with van der Waals surface area (Å²) < 4.78 is 1.25. The Bertz CT molecular complexity index is 527. The first-order valence-corrected chi connectivity index (χ1v) is 4.57. The summed E-state index contributed by atoms with van der Waals surface area (Å²) in [7, 11) is 0. The molecule has 5 heteroatoms. The van der Waals surface area contributed by atoms with Crippen molar-refractivity contribution < 1.29 is 5.11 Å². The standard InChI is InChI=1S/C10H11N3O2/c1-7-4-2-3-5-8(7)13-10(15)11-9(6-14)12-13/h2-5,14H,6H2,1H3,(H,11,12,15). The Balaban J connectivity index is 2.59. The average molecular weight is 205 g/mol. The Labute approximate surface area is 86.0 Å². The molecule has 0 unspecified atom stereocenters. The molecule has 5 nitrogen and oxygen atoms in total. The van der Waals surface area contributed by atoms with E-state index in [1.54, 1.807) is 6.07 Å². The van der Waals surface area contributed by atoms with E-state index in [9.17, 15) is 4.79 Å². The van der Waals surface area contributed by atoms with Crippen LogP contribution in [0.4, 0.5) is 0 Å². The monoisotopic (exact) mass is 205 g/mol. The van der Waals surface area contributed by atoms with Crippen molar-refractivity contribution in [2.24, 2.45) is 0 Å². The van der Waals surface area contributed by atoms with E-state index in [-0.39, 0.29) is 18.1 Å². The molecule has 78 valence electrons. The third kappa shape index (κ3) is 1.69. The molecule has 2 rings (SSSR count). The van der Waals surface area contributed by atoms with Gasteiger partial charge < -0.3 is 5.11 Å². The van der Waals surface area contributed by atoms with Gasteiger partial charge in [0.1, 0.15) is 6.61 Å². The number of para-hydroxylation sites is 1. The highest BCUT2D eigenvalue weighted by atomic mass is 16.3. The van der Waals surface area contributed by atoms with Gasteiger partial charge in [0.15, 0.2) is 5.82 Å². The summed E-state index contributed by atoms with van der Waals surface area (Å²) in [4.78, 5) is 14.0. The molecule has 0 fully saturated rings. The first-order chi connectivity index (χ1) is 7.22. The van der Waals surface area contributed by atoms with Crippen molar-refractivity contribution >= 4 is 0 Å². The van der Waals surface area contributed by atoms with Crippen LogP contribution in [0.3, 0.4) is 0 Å². The van der Waals surface area contributed by atoms with Crippen molar-refractivity contribution in [3.8, 4) is 5.69 Å². The van der Waals surface area contributed by atoms with Crippen LogP contribution in [0, 0.1) is 6.92 Å². The second-order valence-corrected chi connectivity index (χ2v) is 3.23. The molecule has 0 saturated carbocycles. The van der Waals surface area contributed by atoms with Gasteiger partial charge in [0.25, 0.3) is 0 Å². The van der Waals surface area contributed by atoms with Gasteiger partial charge in [-0.1, -0.05) is 18.2 Å². The number of hydrogen-bond donors (Lipinski definition) is 2. The lowest BCUT2D eigenvalue weighted by atomic mass is 10.2. The maximum atomic E-state index is 11.5. The summed E-state index contributed by atoms with van der Waals surface area (Å²) >= 11 is 0. The van der Waals surface area contributed by atoms with Crippen LogP contribution in [0.2, 0.25) is 0 Å². The van der Waals surface area contributed by atoms with E-state index in [0.717, 1.165) is 11.3 Å². The number of rotatable bonds is 2. The van der Waals surface area contributed by atoms with Crippen molar-refractivity contribution in [3.63, 3.8) is 0 Å². The molecule has 0 spiro atoms. The van der Waals surface area contributed by atoms with Crippen molar-refractivity contribution in [3.05, 3.63) is 46.1 Å². The van der Waals surface area contributed by atoms with Crippen LogP contribution < -0.4 is 5.69 Å². The first-order valence-electron chi connectivity index (χ1n) is 4.57. The summed E-state index contributed by atoms with van der Waals surface area (Å²) in [6.45, 7) is 1.63. The third-order valence-electron chi connectivity index (χ3n) is 2.16. The molecule has 1 aromatic heterocycles. The second kappa shape index (κ2) is 3.70. The lowest BCUT2D eigenvalue weighted by Gasteiger charge is -2.02. The largest absolute Gasteiger partial charge is 0.388 e. The van der Waals surface area contributed by atoms with Crippen molar-refractivity contribution in [2.75, 3.05) is 0 Å². The number of nitrogens with zero attached hydrogens (tertiary/aromatic N) is 2. The van der Waals surface area contributed by atoms with Crippen LogP contribution in [-0.2, 0) is 6.61 Å². The molecule has 0 atom stereocenters. The van der Waals surface area contributed by atoms with E-state index in [1.165, 1.54) is 4.68 Å². The third-order valence-corrected chi connectivity index (χ3v) is 2.16. The van der Waals surface area contributed by atoms with Gasteiger partial charge in [-0.05, 0) is 18.6 Å². The summed E-state index contributed by atoms with van der Waals surface area (Å²) in [6.07, 6.45) is 0. The number of nitrogens with one attached hydrogen (secondary N) is 1. The summed E-state index contributed by atoms with van der Waals surface area (Å²) in [5, 5.41) is 12.8. The highest BCUT2D eigenvalue weighted by Gasteiger charge is 2.07. The summed E-state index contributed by atoms with van der Waals surface area (Å²) in [5.41, 5.74) is 1.34. The molecule has 2 N–H and O–H groups in total. The van der Waals surface area contributed by atoms with Crippen LogP contribution in [0.25, 0.3) is 5.69 Å². The lowest BCUT2D eigenvalue weighted by molar-refractivity contribution is 0.271. The molecular weight excluding hydrogens is 194 g/mol. The minimum absolute atomic E-state index is 0.267. The number of H-pyrrole nitrogens is 1. The molecule has 1 heterocycles. The topological polar surface area (TPSA) is 70.9 Å². The summed E-state index contributed by atoms with van der Waals surface area (Å²) in [5.74, 6) is 0.267. The fourth-order valence-corrected chi connectivity index (χ4v) is 1.40. The van der Waals surface area contributed by atoms with Gasteiger partial charge in [-0.15, -0.1) is 5.10 Å². The normalized spacial score (nSPS) is 10.5. The van der Waals surface area contributed by atoms with Crippen LogP contribution >= 0.6 is 0 Å². The van der Waals surface area contributed by atoms with Crippen LogP contribution in [-0.4, -0.2) is 19.9 Å².